The Morgan fingerprint density at radius 3 is 2.46 bits per heavy atom. The number of fused-ring (bicyclic) bond motifs is 1. The van der Waals surface area contributed by atoms with Crippen molar-refractivity contribution in [3.05, 3.63) is 34.9 Å². The molecular weight excluding hydrogens is 328 g/mol. The summed E-state index contributed by atoms with van der Waals surface area (Å²) < 4.78 is 0. The molecule has 1 amide bonds. The Morgan fingerprint density at radius 1 is 1.04 bits per heavy atom. The van der Waals surface area contributed by atoms with Crippen LogP contribution in [-0.2, 0) is 17.6 Å². The third kappa shape index (κ3) is 4.69. The molecule has 0 unspecified atom stereocenters. The normalized spacial score (nSPS) is 18.8. The molecule has 6 nitrogen and oxygen atoms in total. The number of likely N-dealkylation sites (N-methyl/N-ethyl adjacent to an activating group) is 1. The average Bonchev–Trinajstić information content (AvgIpc) is 2.90. The first kappa shape index (κ1) is 19.0. The highest BCUT2D eigenvalue weighted by molar-refractivity contribution is 5.98. The van der Waals surface area contributed by atoms with Crippen LogP contribution < -0.4 is 5.32 Å². The quantitative estimate of drug-likeness (QED) is 0.795. The third-order valence-corrected chi connectivity index (χ3v) is 5.50. The number of piperazine rings is 1. The maximum atomic E-state index is 12.6. The van der Waals surface area contributed by atoms with Gasteiger partial charge in [-0.25, -0.2) is 5.01 Å². The van der Waals surface area contributed by atoms with Crippen LogP contribution in [0.2, 0.25) is 0 Å². The Hall–Kier alpha value is -1.76. The summed E-state index contributed by atoms with van der Waals surface area (Å²) in [4.78, 5) is 27.3. The van der Waals surface area contributed by atoms with Gasteiger partial charge < -0.3 is 10.2 Å². The molecule has 0 saturated carbocycles. The SMILES string of the molecule is CN1CCN(N(C)C(=O)CCC(=O)c2ccc3c(c2)CCNCC3)CC1. The van der Waals surface area contributed by atoms with Gasteiger partial charge in [0.05, 0.1) is 0 Å². The van der Waals surface area contributed by atoms with Crippen LogP contribution in [0, 0.1) is 0 Å². The molecule has 0 atom stereocenters. The predicted molar refractivity (Wildman–Crippen MR) is 102 cm³/mol. The van der Waals surface area contributed by atoms with Crippen LogP contribution in [0.5, 0.6) is 0 Å². The van der Waals surface area contributed by atoms with E-state index < -0.39 is 0 Å². The fraction of sp³-hybridized carbons (Fsp3) is 0.600. The molecule has 142 valence electrons. The highest BCUT2D eigenvalue weighted by Crippen LogP contribution is 2.17. The van der Waals surface area contributed by atoms with Crippen molar-refractivity contribution in [2.75, 3.05) is 53.4 Å². The highest BCUT2D eigenvalue weighted by atomic mass is 16.2. The number of benzene rings is 1. The van der Waals surface area contributed by atoms with Crippen molar-refractivity contribution in [1.82, 2.24) is 20.2 Å². The monoisotopic (exact) mass is 358 g/mol. The maximum Gasteiger partial charge on any atom is 0.237 e. The lowest BCUT2D eigenvalue weighted by molar-refractivity contribution is -0.148. The third-order valence-electron chi connectivity index (χ3n) is 5.50. The summed E-state index contributed by atoms with van der Waals surface area (Å²) in [6.45, 7) is 5.57. The lowest BCUT2D eigenvalue weighted by atomic mass is 9.97. The Morgan fingerprint density at radius 2 is 1.73 bits per heavy atom. The standard InChI is InChI=1S/C20H30N4O2/c1-22-11-13-24(14-12-22)23(2)20(26)6-5-19(25)18-4-3-16-7-9-21-10-8-17(16)15-18/h3-4,15,21H,5-14H2,1-2H3. The van der Waals surface area contributed by atoms with Crippen molar-refractivity contribution < 1.29 is 9.59 Å². The molecule has 0 spiro atoms. The molecule has 0 aliphatic carbocycles. The molecule has 26 heavy (non-hydrogen) atoms. The molecule has 1 fully saturated rings. The van der Waals surface area contributed by atoms with Gasteiger partial charge in [-0.05, 0) is 50.2 Å². The van der Waals surface area contributed by atoms with Gasteiger partial charge in [0.1, 0.15) is 0 Å². The fourth-order valence-electron chi connectivity index (χ4n) is 3.63. The van der Waals surface area contributed by atoms with Gasteiger partial charge in [0.15, 0.2) is 5.78 Å². The number of Topliss-reactive ketones (excluding diaryl/α,β-unsaturated/α-hetero) is 1. The number of nitrogens with zero attached hydrogens (tertiary/aromatic N) is 3. The lowest BCUT2D eigenvalue weighted by Crippen LogP contribution is -2.53. The number of hydrogen-bond acceptors (Lipinski definition) is 5. The zero-order valence-electron chi connectivity index (χ0n) is 16.0. The van der Waals surface area contributed by atoms with E-state index in [0.29, 0.717) is 0 Å². The molecule has 2 heterocycles. The van der Waals surface area contributed by atoms with Gasteiger partial charge in [-0.2, -0.15) is 0 Å². The summed E-state index contributed by atoms with van der Waals surface area (Å²) in [5.41, 5.74) is 3.33. The van der Waals surface area contributed by atoms with Crippen LogP contribution in [0.25, 0.3) is 0 Å². The molecule has 2 aliphatic rings. The Bertz CT molecular complexity index is 653. The van der Waals surface area contributed by atoms with Crippen molar-refractivity contribution in [3.63, 3.8) is 0 Å². The molecule has 2 aliphatic heterocycles. The summed E-state index contributed by atoms with van der Waals surface area (Å²) in [7, 11) is 3.90. The van der Waals surface area contributed by atoms with Gasteiger partial charge in [0, 0.05) is 51.6 Å². The summed E-state index contributed by atoms with van der Waals surface area (Å²) >= 11 is 0. The van der Waals surface area contributed by atoms with Gasteiger partial charge in [-0.3, -0.25) is 14.6 Å². The first-order valence-electron chi connectivity index (χ1n) is 9.60. The van der Waals surface area contributed by atoms with E-state index in [1.807, 2.05) is 19.2 Å². The predicted octanol–water partition coefficient (Wildman–Crippen LogP) is 0.959. The second-order valence-electron chi connectivity index (χ2n) is 7.33. The van der Waals surface area contributed by atoms with Crippen LogP contribution in [0.3, 0.4) is 0 Å². The zero-order valence-corrected chi connectivity index (χ0v) is 16.0. The van der Waals surface area contributed by atoms with Crippen LogP contribution in [0.15, 0.2) is 18.2 Å². The Kier molecular flexibility index (Phi) is 6.40. The van der Waals surface area contributed by atoms with Crippen molar-refractivity contribution in [2.24, 2.45) is 0 Å². The average molecular weight is 358 g/mol. The summed E-state index contributed by atoms with van der Waals surface area (Å²) in [5.74, 6) is 0.0759. The molecule has 6 heteroatoms. The zero-order chi connectivity index (χ0) is 18.5. The second-order valence-corrected chi connectivity index (χ2v) is 7.33. The molecule has 0 radical (unpaired) electrons. The molecule has 1 aromatic carbocycles. The molecule has 1 aromatic rings. The fourth-order valence-corrected chi connectivity index (χ4v) is 3.63. The van der Waals surface area contributed by atoms with Crippen molar-refractivity contribution in [2.45, 2.75) is 25.7 Å². The van der Waals surface area contributed by atoms with Crippen molar-refractivity contribution in [3.8, 4) is 0 Å². The van der Waals surface area contributed by atoms with E-state index >= 15 is 0 Å². The number of carbonyl (C=O) groups is 2. The van der Waals surface area contributed by atoms with Gasteiger partial charge in [0.25, 0.3) is 0 Å². The van der Waals surface area contributed by atoms with Crippen LogP contribution >= 0.6 is 0 Å². The van der Waals surface area contributed by atoms with Crippen molar-refractivity contribution >= 4 is 11.7 Å². The molecule has 0 aromatic heterocycles. The van der Waals surface area contributed by atoms with E-state index in [1.165, 1.54) is 11.1 Å². The van der Waals surface area contributed by atoms with E-state index in [2.05, 4.69) is 28.3 Å². The van der Waals surface area contributed by atoms with E-state index in [0.717, 1.165) is 57.7 Å². The smallest absolute Gasteiger partial charge is 0.237 e. The number of nitrogens with one attached hydrogen (secondary N) is 1. The van der Waals surface area contributed by atoms with Gasteiger partial charge in [-0.15, -0.1) is 0 Å². The van der Waals surface area contributed by atoms with Gasteiger partial charge in [-0.1, -0.05) is 12.1 Å². The summed E-state index contributed by atoms with van der Waals surface area (Å²) in [6.07, 6.45) is 2.51. The number of rotatable bonds is 5. The van der Waals surface area contributed by atoms with Crippen LogP contribution in [-0.4, -0.2) is 80.0 Å². The molecule has 3 rings (SSSR count). The molecule has 1 saturated heterocycles. The minimum absolute atomic E-state index is 0.0156. The minimum atomic E-state index is 0.0156. The Labute approximate surface area is 156 Å². The molecule has 0 bridgehead atoms. The number of carbonyl (C=O) groups excluding carboxylic acids is 2. The molecule has 1 N–H and O–H groups in total. The number of hydrazine groups is 1. The number of amides is 1. The van der Waals surface area contributed by atoms with Crippen LogP contribution in [0.4, 0.5) is 0 Å². The summed E-state index contributed by atoms with van der Waals surface area (Å²) in [5, 5.41) is 7.16. The minimum Gasteiger partial charge on any atom is -0.316 e. The lowest BCUT2D eigenvalue weighted by Gasteiger charge is -2.38. The van der Waals surface area contributed by atoms with Crippen molar-refractivity contribution in [1.29, 1.82) is 0 Å². The number of ketones is 1. The largest absolute Gasteiger partial charge is 0.316 e. The Balaban J connectivity index is 1.53. The second kappa shape index (κ2) is 8.75. The highest BCUT2D eigenvalue weighted by Gasteiger charge is 2.22. The summed E-state index contributed by atoms with van der Waals surface area (Å²) in [6, 6.07) is 6.02. The topological polar surface area (TPSA) is 55.9 Å². The first-order valence-corrected chi connectivity index (χ1v) is 9.60. The van der Waals surface area contributed by atoms with E-state index in [-0.39, 0.29) is 24.5 Å². The van der Waals surface area contributed by atoms with E-state index in [9.17, 15) is 9.59 Å². The van der Waals surface area contributed by atoms with Gasteiger partial charge >= 0.3 is 0 Å². The first-order chi connectivity index (χ1) is 12.5. The van der Waals surface area contributed by atoms with Gasteiger partial charge in [0.2, 0.25) is 5.91 Å². The molecular formula is C20H30N4O2. The number of hydrogen-bond donors (Lipinski definition) is 1. The van der Waals surface area contributed by atoms with Crippen LogP contribution in [0.1, 0.15) is 34.3 Å². The maximum absolute atomic E-state index is 12.6. The van der Waals surface area contributed by atoms with E-state index in [1.54, 1.807) is 5.01 Å². The van der Waals surface area contributed by atoms with E-state index in [4.69, 9.17) is 0 Å².